The second kappa shape index (κ2) is 5.24. The third-order valence-corrected chi connectivity index (χ3v) is 2.59. The standard InChI is InChI=1S/C12H8ClF4N3/c1-6-4-7(14)2-3-8(6)18-10-5-9(13)19-11(20-10)12(15,16)17/h2-5H,1H3,(H,18,19,20). The normalized spacial score (nSPS) is 11.5. The number of aromatic nitrogens is 2. The van der Waals surface area contributed by atoms with E-state index in [0.29, 0.717) is 11.3 Å². The molecule has 0 saturated carbocycles. The lowest BCUT2D eigenvalue weighted by Gasteiger charge is -2.11. The largest absolute Gasteiger partial charge is 0.451 e. The van der Waals surface area contributed by atoms with Crippen molar-refractivity contribution >= 4 is 23.1 Å². The number of benzene rings is 1. The van der Waals surface area contributed by atoms with E-state index in [2.05, 4.69) is 15.3 Å². The summed E-state index contributed by atoms with van der Waals surface area (Å²) >= 11 is 5.54. The number of anilines is 2. The molecule has 20 heavy (non-hydrogen) atoms. The molecule has 0 amide bonds. The quantitative estimate of drug-likeness (QED) is 0.662. The first kappa shape index (κ1) is 14.5. The Bertz CT molecular complexity index is 643. The molecule has 1 aromatic carbocycles. The van der Waals surface area contributed by atoms with Crippen molar-refractivity contribution in [1.29, 1.82) is 0 Å². The van der Waals surface area contributed by atoms with Crippen LogP contribution < -0.4 is 5.32 Å². The minimum atomic E-state index is -4.70. The third kappa shape index (κ3) is 3.36. The average Bonchev–Trinajstić information content (AvgIpc) is 2.31. The zero-order valence-corrected chi connectivity index (χ0v) is 10.8. The van der Waals surface area contributed by atoms with E-state index >= 15 is 0 Å². The fourth-order valence-corrected chi connectivity index (χ4v) is 1.70. The molecule has 0 radical (unpaired) electrons. The fraction of sp³-hybridized carbons (Fsp3) is 0.167. The van der Waals surface area contributed by atoms with Crippen LogP contribution in [0.25, 0.3) is 0 Å². The number of alkyl halides is 3. The van der Waals surface area contributed by atoms with Crippen LogP contribution in [-0.2, 0) is 6.18 Å². The van der Waals surface area contributed by atoms with Crippen LogP contribution in [-0.4, -0.2) is 9.97 Å². The molecule has 1 aromatic heterocycles. The monoisotopic (exact) mass is 305 g/mol. The van der Waals surface area contributed by atoms with Crippen LogP contribution in [0.1, 0.15) is 11.4 Å². The Morgan fingerprint density at radius 2 is 1.85 bits per heavy atom. The molecule has 0 spiro atoms. The highest BCUT2D eigenvalue weighted by Crippen LogP contribution is 2.29. The maximum atomic E-state index is 12.9. The van der Waals surface area contributed by atoms with Crippen molar-refractivity contribution < 1.29 is 17.6 Å². The van der Waals surface area contributed by atoms with E-state index < -0.39 is 17.8 Å². The van der Waals surface area contributed by atoms with Crippen LogP contribution in [0.2, 0.25) is 5.15 Å². The maximum Gasteiger partial charge on any atom is 0.451 e. The highest BCUT2D eigenvalue weighted by Gasteiger charge is 2.35. The first-order valence-electron chi connectivity index (χ1n) is 5.40. The predicted octanol–water partition coefficient (Wildman–Crippen LogP) is 4.34. The van der Waals surface area contributed by atoms with Gasteiger partial charge in [0.2, 0.25) is 5.82 Å². The van der Waals surface area contributed by atoms with Gasteiger partial charge in [0.25, 0.3) is 0 Å². The number of hydrogen-bond acceptors (Lipinski definition) is 3. The Kier molecular flexibility index (Phi) is 3.80. The molecule has 1 heterocycles. The molecule has 0 aliphatic heterocycles. The number of hydrogen-bond donors (Lipinski definition) is 1. The van der Waals surface area contributed by atoms with Gasteiger partial charge in [0.05, 0.1) is 0 Å². The van der Waals surface area contributed by atoms with E-state index in [-0.39, 0.29) is 11.0 Å². The number of nitrogens with zero attached hydrogens (tertiary/aromatic N) is 2. The average molecular weight is 306 g/mol. The maximum absolute atomic E-state index is 12.9. The highest BCUT2D eigenvalue weighted by molar-refractivity contribution is 6.29. The minimum absolute atomic E-state index is 0.118. The van der Waals surface area contributed by atoms with Gasteiger partial charge in [0.1, 0.15) is 16.8 Å². The summed E-state index contributed by atoms with van der Waals surface area (Å²) in [4.78, 5) is 6.45. The second-order valence-corrected chi connectivity index (χ2v) is 4.37. The van der Waals surface area contributed by atoms with Gasteiger partial charge in [-0.15, -0.1) is 0 Å². The van der Waals surface area contributed by atoms with Crippen LogP contribution in [0.15, 0.2) is 24.3 Å². The van der Waals surface area contributed by atoms with Crippen molar-refractivity contribution in [2.45, 2.75) is 13.1 Å². The van der Waals surface area contributed by atoms with Crippen LogP contribution in [0.5, 0.6) is 0 Å². The van der Waals surface area contributed by atoms with E-state index in [1.807, 2.05) is 0 Å². The molecule has 0 aliphatic carbocycles. The van der Waals surface area contributed by atoms with Crippen molar-refractivity contribution in [3.63, 3.8) is 0 Å². The molecule has 0 fully saturated rings. The number of rotatable bonds is 2. The summed E-state index contributed by atoms with van der Waals surface area (Å²) in [6, 6.07) is 4.98. The molecular weight excluding hydrogens is 298 g/mol. The fourth-order valence-electron chi connectivity index (χ4n) is 1.51. The number of halogens is 5. The van der Waals surface area contributed by atoms with Gasteiger partial charge < -0.3 is 5.32 Å². The summed E-state index contributed by atoms with van der Waals surface area (Å²) in [7, 11) is 0. The molecule has 0 atom stereocenters. The van der Waals surface area contributed by atoms with Gasteiger partial charge in [0, 0.05) is 11.8 Å². The summed E-state index contributed by atoms with van der Waals surface area (Å²) in [5.41, 5.74) is 0.947. The van der Waals surface area contributed by atoms with Gasteiger partial charge in [-0.1, -0.05) is 11.6 Å². The van der Waals surface area contributed by atoms with Gasteiger partial charge in [-0.3, -0.25) is 0 Å². The van der Waals surface area contributed by atoms with Crippen LogP contribution in [0.4, 0.5) is 29.1 Å². The summed E-state index contributed by atoms with van der Waals surface area (Å²) in [6.45, 7) is 1.61. The number of nitrogens with one attached hydrogen (secondary N) is 1. The van der Waals surface area contributed by atoms with Crippen LogP contribution in [0.3, 0.4) is 0 Å². The lowest BCUT2D eigenvalue weighted by atomic mass is 10.2. The highest BCUT2D eigenvalue weighted by atomic mass is 35.5. The summed E-state index contributed by atoms with van der Waals surface area (Å²) in [5, 5.41) is 2.31. The van der Waals surface area contributed by atoms with Gasteiger partial charge in [-0.25, -0.2) is 14.4 Å². The molecule has 106 valence electrons. The molecule has 0 aliphatic rings. The van der Waals surface area contributed by atoms with Crippen LogP contribution >= 0.6 is 11.6 Å². The topological polar surface area (TPSA) is 37.8 Å². The van der Waals surface area contributed by atoms with Gasteiger partial charge in [-0.2, -0.15) is 13.2 Å². The van der Waals surface area contributed by atoms with E-state index in [0.717, 1.165) is 6.07 Å². The van der Waals surface area contributed by atoms with E-state index in [1.54, 1.807) is 6.92 Å². The molecule has 1 N–H and O–H groups in total. The summed E-state index contributed by atoms with van der Waals surface area (Å²) in [5.74, 6) is -1.90. The van der Waals surface area contributed by atoms with Crippen molar-refractivity contribution in [2.24, 2.45) is 0 Å². The minimum Gasteiger partial charge on any atom is -0.340 e. The molecule has 8 heteroatoms. The Morgan fingerprint density at radius 1 is 1.15 bits per heavy atom. The Balaban J connectivity index is 2.36. The van der Waals surface area contributed by atoms with Crippen molar-refractivity contribution in [3.05, 3.63) is 46.6 Å². The van der Waals surface area contributed by atoms with E-state index in [9.17, 15) is 17.6 Å². The Labute approximate surface area is 116 Å². The molecule has 0 saturated heterocycles. The lowest BCUT2D eigenvalue weighted by molar-refractivity contribution is -0.144. The molecule has 3 nitrogen and oxygen atoms in total. The Hall–Kier alpha value is -1.89. The lowest BCUT2D eigenvalue weighted by Crippen LogP contribution is -2.12. The predicted molar refractivity (Wildman–Crippen MR) is 66.5 cm³/mol. The SMILES string of the molecule is Cc1cc(F)ccc1Nc1cc(Cl)nc(C(F)(F)F)n1. The zero-order valence-electron chi connectivity index (χ0n) is 10.1. The first-order chi connectivity index (χ1) is 9.25. The van der Waals surface area contributed by atoms with E-state index in [1.165, 1.54) is 18.2 Å². The first-order valence-corrected chi connectivity index (χ1v) is 5.78. The van der Waals surface area contributed by atoms with Gasteiger partial charge in [0.15, 0.2) is 0 Å². The van der Waals surface area contributed by atoms with Crippen molar-refractivity contribution in [3.8, 4) is 0 Å². The second-order valence-electron chi connectivity index (χ2n) is 3.98. The zero-order chi connectivity index (χ0) is 14.9. The number of aryl methyl sites for hydroxylation is 1. The molecule has 2 aromatic rings. The van der Waals surface area contributed by atoms with Crippen molar-refractivity contribution in [1.82, 2.24) is 9.97 Å². The molecule has 0 unspecified atom stereocenters. The summed E-state index contributed by atoms with van der Waals surface area (Å²) < 4.78 is 50.6. The Morgan fingerprint density at radius 3 is 2.45 bits per heavy atom. The van der Waals surface area contributed by atoms with Crippen molar-refractivity contribution in [2.75, 3.05) is 5.32 Å². The molecular formula is C12H8ClF4N3. The molecule has 2 rings (SSSR count). The van der Waals surface area contributed by atoms with E-state index in [4.69, 9.17) is 11.6 Å². The van der Waals surface area contributed by atoms with Crippen LogP contribution in [0, 0.1) is 12.7 Å². The molecule has 0 bridgehead atoms. The smallest absolute Gasteiger partial charge is 0.340 e. The third-order valence-electron chi connectivity index (χ3n) is 2.40. The van der Waals surface area contributed by atoms with Gasteiger partial charge >= 0.3 is 6.18 Å². The summed E-state index contributed by atoms with van der Waals surface area (Å²) in [6.07, 6.45) is -4.70. The van der Waals surface area contributed by atoms with Gasteiger partial charge in [-0.05, 0) is 30.7 Å².